The van der Waals surface area contributed by atoms with Crippen LogP contribution in [0, 0.1) is 6.92 Å². The first-order valence-corrected chi connectivity index (χ1v) is 6.75. The predicted molar refractivity (Wildman–Crippen MR) is 78.5 cm³/mol. The van der Waals surface area contributed by atoms with Crippen molar-refractivity contribution >= 4 is 11.7 Å². The lowest BCUT2D eigenvalue weighted by atomic mass is 10.2. The van der Waals surface area contributed by atoms with E-state index in [9.17, 15) is 4.79 Å². The van der Waals surface area contributed by atoms with Crippen molar-refractivity contribution < 1.29 is 9.53 Å². The van der Waals surface area contributed by atoms with E-state index in [-0.39, 0.29) is 12.0 Å². The third-order valence-corrected chi connectivity index (χ3v) is 3.09. The maximum absolute atomic E-state index is 11.7. The van der Waals surface area contributed by atoms with Crippen LogP contribution < -0.4 is 10.2 Å². The normalized spacial score (nSPS) is 12.0. The fourth-order valence-corrected chi connectivity index (χ4v) is 2.07. The molecule has 1 rings (SSSR count). The van der Waals surface area contributed by atoms with Crippen LogP contribution in [0.5, 0.6) is 0 Å². The maximum atomic E-state index is 11.7. The molecule has 0 saturated carbocycles. The van der Waals surface area contributed by atoms with E-state index in [0.717, 1.165) is 18.8 Å². The maximum Gasteiger partial charge on any atom is 0.324 e. The Kier molecular flexibility index (Phi) is 6.36. The Balaban J connectivity index is 2.81. The number of nitrogens with one attached hydrogen (secondary N) is 1. The van der Waals surface area contributed by atoms with Gasteiger partial charge in [0.2, 0.25) is 0 Å². The molecule has 0 aromatic heterocycles. The van der Waals surface area contributed by atoms with E-state index in [1.807, 2.05) is 13.0 Å². The second kappa shape index (κ2) is 7.79. The van der Waals surface area contributed by atoms with E-state index in [0.29, 0.717) is 6.54 Å². The number of anilines is 1. The zero-order chi connectivity index (χ0) is 14.3. The van der Waals surface area contributed by atoms with Gasteiger partial charge in [-0.3, -0.25) is 4.79 Å². The Labute approximate surface area is 115 Å². The average molecular weight is 264 g/mol. The topological polar surface area (TPSA) is 41.6 Å². The van der Waals surface area contributed by atoms with Crippen molar-refractivity contribution in [2.75, 3.05) is 31.6 Å². The van der Waals surface area contributed by atoms with Gasteiger partial charge >= 0.3 is 5.97 Å². The monoisotopic (exact) mass is 264 g/mol. The number of esters is 1. The molecule has 0 fully saturated rings. The number of carbonyl (C=O) groups excluding carboxylic acids is 1. The van der Waals surface area contributed by atoms with Gasteiger partial charge in [0.1, 0.15) is 6.04 Å². The molecule has 0 aliphatic heterocycles. The summed E-state index contributed by atoms with van der Waals surface area (Å²) in [5, 5.41) is 3.17. The number of aryl methyl sites for hydroxylation is 1. The lowest BCUT2D eigenvalue weighted by molar-refractivity contribution is -0.142. The Hall–Kier alpha value is -1.55. The molecular formula is C15H24N2O2. The summed E-state index contributed by atoms with van der Waals surface area (Å²) >= 11 is 0. The van der Waals surface area contributed by atoms with Crippen molar-refractivity contribution in [2.24, 2.45) is 0 Å². The third-order valence-electron chi connectivity index (χ3n) is 3.09. The molecule has 4 nitrogen and oxygen atoms in total. The van der Waals surface area contributed by atoms with Gasteiger partial charge in [0.25, 0.3) is 0 Å². The van der Waals surface area contributed by atoms with E-state index < -0.39 is 0 Å². The van der Waals surface area contributed by atoms with Gasteiger partial charge in [0, 0.05) is 18.8 Å². The van der Waals surface area contributed by atoms with Gasteiger partial charge < -0.3 is 15.0 Å². The van der Waals surface area contributed by atoms with Gasteiger partial charge in [0.15, 0.2) is 0 Å². The lowest BCUT2D eigenvalue weighted by Gasteiger charge is -2.27. The number of benzene rings is 1. The minimum absolute atomic E-state index is 0.215. The molecule has 0 amide bonds. The summed E-state index contributed by atoms with van der Waals surface area (Å²) in [5.41, 5.74) is 2.35. The molecule has 106 valence electrons. The van der Waals surface area contributed by atoms with Crippen molar-refractivity contribution in [2.45, 2.75) is 26.8 Å². The Morgan fingerprint density at radius 2 is 2.16 bits per heavy atom. The molecular weight excluding hydrogens is 240 g/mol. The Morgan fingerprint density at radius 3 is 2.68 bits per heavy atom. The van der Waals surface area contributed by atoms with Gasteiger partial charge in [0.05, 0.1) is 7.11 Å². The van der Waals surface area contributed by atoms with Crippen molar-refractivity contribution in [3.63, 3.8) is 0 Å². The molecule has 0 aliphatic rings. The quantitative estimate of drug-likeness (QED) is 0.765. The number of nitrogens with zero attached hydrogens (tertiary/aromatic N) is 1. The van der Waals surface area contributed by atoms with Gasteiger partial charge in [-0.15, -0.1) is 0 Å². The summed E-state index contributed by atoms with van der Waals surface area (Å²) in [6, 6.07) is 8.00. The summed E-state index contributed by atoms with van der Waals surface area (Å²) in [6.45, 7) is 8.34. The van der Waals surface area contributed by atoms with Crippen LogP contribution in [-0.4, -0.2) is 38.8 Å². The van der Waals surface area contributed by atoms with Crippen LogP contribution >= 0.6 is 0 Å². The highest BCUT2D eigenvalue weighted by atomic mass is 16.5. The zero-order valence-corrected chi connectivity index (χ0v) is 12.3. The van der Waals surface area contributed by atoms with Crippen molar-refractivity contribution in [3.8, 4) is 0 Å². The first-order chi connectivity index (χ1) is 9.12. The molecule has 0 aliphatic carbocycles. The second-order valence-electron chi connectivity index (χ2n) is 4.51. The highest BCUT2D eigenvalue weighted by Crippen LogP contribution is 2.16. The molecule has 1 unspecified atom stereocenters. The molecule has 1 N–H and O–H groups in total. The van der Waals surface area contributed by atoms with E-state index in [1.165, 1.54) is 12.7 Å². The van der Waals surface area contributed by atoms with Crippen molar-refractivity contribution in [3.05, 3.63) is 29.8 Å². The predicted octanol–water partition coefficient (Wildman–Crippen LogP) is 1.97. The van der Waals surface area contributed by atoms with Crippen LogP contribution in [0.3, 0.4) is 0 Å². The number of carbonyl (C=O) groups is 1. The Bertz CT molecular complexity index is 407. The molecule has 0 radical (unpaired) electrons. The molecule has 4 heteroatoms. The largest absolute Gasteiger partial charge is 0.468 e. The number of rotatable bonds is 7. The lowest BCUT2D eigenvalue weighted by Crippen LogP contribution is -2.46. The average Bonchev–Trinajstić information content (AvgIpc) is 2.42. The van der Waals surface area contributed by atoms with Gasteiger partial charge in [-0.25, -0.2) is 0 Å². The van der Waals surface area contributed by atoms with Crippen molar-refractivity contribution in [1.82, 2.24) is 5.32 Å². The number of likely N-dealkylation sites (N-methyl/N-ethyl adjacent to an activating group) is 2. The number of ether oxygens (including phenoxy) is 1. The van der Waals surface area contributed by atoms with Crippen LogP contribution in [-0.2, 0) is 9.53 Å². The highest BCUT2D eigenvalue weighted by molar-refractivity contribution is 5.76. The molecule has 1 aromatic rings. The van der Waals surface area contributed by atoms with Crippen LogP contribution in [0.1, 0.15) is 19.4 Å². The minimum Gasteiger partial charge on any atom is -0.468 e. The fraction of sp³-hybridized carbons (Fsp3) is 0.533. The number of hydrogen-bond donors (Lipinski definition) is 1. The van der Waals surface area contributed by atoms with Crippen LogP contribution in [0.2, 0.25) is 0 Å². The summed E-state index contributed by atoms with van der Waals surface area (Å²) < 4.78 is 4.84. The SMILES string of the molecule is CCNC(CN(CC)c1cccc(C)c1)C(=O)OC. The van der Waals surface area contributed by atoms with E-state index in [4.69, 9.17) is 4.74 Å². The highest BCUT2D eigenvalue weighted by Gasteiger charge is 2.21. The molecule has 0 bridgehead atoms. The van der Waals surface area contributed by atoms with Crippen molar-refractivity contribution in [1.29, 1.82) is 0 Å². The molecule has 1 atom stereocenters. The number of methoxy groups -OCH3 is 1. The first kappa shape index (κ1) is 15.5. The molecule has 0 heterocycles. The Morgan fingerprint density at radius 1 is 1.42 bits per heavy atom. The smallest absolute Gasteiger partial charge is 0.324 e. The number of hydrogen-bond acceptors (Lipinski definition) is 4. The second-order valence-corrected chi connectivity index (χ2v) is 4.51. The first-order valence-electron chi connectivity index (χ1n) is 6.75. The van der Waals surface area contributed by atoms with Crippen LogP contribution in [0.4, 0.5) is 5.69 Å². The van der Waals surface area contributed by atoms with Crippen LogP contribution in [0.25, 0.3) is 0 Å². The fourth-order valence-electron chi connectivity index (χ4n) is 2.07. The van der Waals surface area contributed by atoms with E-state index >= 15 is 0 Å². The zero-order valence-electron chi connectivity index (χ0n) is 12.3. The molecule has 1 aromatic carbocycles. The third kappa shape index (κ3) is 4.56. The van der Waals surface area contributed by atoms with E-state index in [1.54, 1.807) is 0 Å². The summed E-state index contributed by atoms with van der Waals surface area (Å²) in [4.78, 5) is 13.9. The summed E-state index contributed by atoms with van der Waals surface area (Å²) in [7, 11) is 1.43. The minimum atomic E-state index is -0.296. The summed E-state index contributed by atoms with van der Waals surface area (Å²) in [6.07, 6.45) is 0. The molecule has 19 heavy (non-hydrogen) atoms. The molecule has 0 spiro atoms. The van der Waals surface area contributed by atoms with Gasteiger partial charge in [-0.2, -0.15) is 0 Å². The standard InChI is InChI=1S/C15H24N2O2/c1-5-16-14(15(18)19-4)11-17(6-2)13-9-7-8-12(3)10-13/h7-10,14,16H,5-6,11H2,1-4H3. The van der Waals surface area contributed by atoms with E-state index in [2.05, 4.69) is 42.3 Å². The molecule has 0 saturated heterocycles. The van der Waals surface area contributed by atoms with Crippen LogP contribution in [0.15, 0.2) is 24.3 Å². The summed E-state index contributed by atoms with van der Waals surface area (Å²) in [5.74, 6) is -0.215. The van der Waals surface area contributed by atoms with Gasteiger partial charge in [-0.05, 0) is 38.1 Å². The van der Waals surface area contributed by atoms with Gasteiger partial charge in [-0.1, -0.05) is 19.1 Å².